The molecule has 32 heavy (non-hydrogen) atoms. The first-order chi connectivity index (χ1) is 15.0. The lowest BCUT2D eigenvalue weighted by Gasteiger charge is -2.36. The molecule has 1 saturated heterocycles. The Morgan fingerprint density at radius 1 is 1.09 bits per heavy atom. The van der Waals surface area contributed by atoms with Crippen LogP contribution in [-0.2, 0) is 13.1 Å². The summed E-state index contributed by atoms with van der Waals surface area (Å²) in [7, 11) is 9.24. The smallest absolute Gasteiger partial charge is 0.194 e. The van der Waals surface area contributed by atoms with Gasteiger partial charge >= 0.3 is 0 Å². The van der Waals surface area contributed by atoms with E-state index in [-0.39, 0.29) is 24.0 Å². The fraction of sp³-hybridized carbons (Fsp3) is 0.478. The van der Waals surface area contributed by atoms with Gasteiger partial charge in [0.15, 0.2) is 5.96 Å². The molecule has 0 bridgehead atoms. The van der Waals surface area contributed by atoms with Crippen molar-refractivity contribution >= 4 is 35.8 Å². The minimum atomic E-state index is 0. The Hall–Kier alpha value is -2.27. The number of rotatable bonds is 7. The van der Waals surface area contributed by atoms with Crippen molar-refractivity contribution in [3.05, 3.63) is 47.7 Å². The first-order valence-electron chi connectivity index (χ1n) is 10.5. The van der Waals surface area contributed by atoms with Gasteiger partial charge in [-0.3, -0.25) is 9.89 Å². The lowest BCUT2D eigenvalue weighted by molar-refractivity contribution is 0.171. The van der Waals surface area contributed by atoms with Gasteiger partial charge < -0.3 is 24.6 Å². The zero-order valence-electron chi connectivity index (χ0n) is 19.7. The number of halogens is 1. The number of piperazine rings is 1. The summed E-state index contributed by atoms with van der Waals surface area (Å²) >= 11 is 0. The SMILES string of the molecule is CN=C(NCc1ccnc(N(C)C)c1)N1CCN(Cc2cc(OC)ccc2OC)CC1.I. The number of guanidine groups is 1. The molecule has 0 amide bonds. The molecule has 1 N–H and O–H groups in total. The Morgan fingerprint density at radius 2 is 1.84 bits per heavy atom. The standard InChI is InChI=1S/C23H34N6O2.HI/c1-24-23(26-16-18-8-9-25-22(14-18)27(2)3)29-12-10-28(11-13-29)17-19-15-20(30-4)6-7-21(19)31-5;/h6-9,14-15H,10-13,16-17H2,1-5H3,(H,24,26);1H. The molecule has 2 heterocycles. The van der Waals surface area contributed by atoms with Crippen LogP contribution in [0.5, 0.6) is 11.5 Å². The number of methoxy groups -OCH3 is 2. The second-order valence-electron chi connectivity index (χ2n) is 7.76. The lowest BCUT2D eigenvalue weighted by atomic mass is 10.1. The number of nitrogens with zero attached hydrogens (tertiary/aromatic N) is 5. The number of aliphatic imine (C=N–C) groups is 1. The van der Waals surface area contributed by atoms with Crippen LogP contribution in [0.3, 0.4) is 0 Å². The van der Waals surface area contributed by atoms with Crippen molar-refractivity contribution in [2.24, 2.45) is 4.99 Å². The molecule has 0 radical (unpaired) electrons. The van der Waals surface area contributed by atoms with Crippen LogP contribution in [0.4, 0.5) is 5.82 Å². The molecule has 0 unspecified atom stereocenters. The van der Waals surface area contributed by atoms with Crippen LogP contribution in [0.25, 0.3) is 0 Å². The minimum Gasteiger partial charge on any atom is -0.497 e. The van der Waals surface area contributed by atoms with Gasteiger partial charge in [0.05, 0.1) is 14.2 Å². The first kappa shape index (κ1) is 26.0. The van der Waals surface area contributed by atoms with Crippen molar-refractivity contribution in [3.8, 4) is 11.5 Å². The van der Waals surface area contributed by atoms with E-state index in [9.17, 15) is 0 Å². The average Bonchev–Trinajstić information content (AvgIpc) is 2.80. The van der Waals surface area contributed by atoms with E-state index >= 15 is 0 Å². The van der Waals surface area contributed by atoms with Gasteiger partial charge in [-0.25, -0.2) is 4.98 Å². The number of anilines is 1. The molecule has 1 aliphatic heterocycles. The average molecular weight is 554 g/mol. The van der Waals surface area contributed by atoms with Crippen LogP contribution < -0.4 is 19.7 Å². The molecule has 0 atom stereocenters. The van der Waals surface area contributed by atoms with E-state index in [0.717, 1.165) is 68.1 Å². The van der Waals surface area contributed by atoms with E-state index in [2.05, 4.69) is 37.2 Å². The largest absolute Gasteiger partial charge is 0.497 e. The van der Waals surface area contributed by atoms with E-state index in [1.54, 1.807) is 14.2 Å². The molecule has 176 valence electrons. The highest BCUT2D eigenvalue weighted by atomic mass is 127. The summed E-state index contributed by atoms with van der Waals surface area (Å²) in [6, 6.07) is 10.1. The van der Waals surface area contributed by atoms with Crippen molar-refractivity contribution in [3.63, 3.8) is 0 Å². The van der Waals surface area contributed by atoms with Gasteiger partial charge in [0.25, 0.3) is 0 Å². The van der Waals surface area contributed by atoms with Crippen LogP contribution in [0, 0.1) is 0 Å². The summed E-state index contributed by atoms with van der Waals surface area (Å²) in [6.07, 6.45) is 1.85. The van der Waals surface area contributed by atoms with Crippen LogP contribution in [0.1, 0.15) is 11.1 Å². The Bertz CT molecular complexity index is 885. The highest BCUT2D eigenvalue weighted by Gasteiger charge is 2.21. The van der Waals surface area contributed by atoms with Gasteiger partial charge in [-0.2, -0.15) is 0 Å². The van der Waals surface area contributed by atoms with E-state index in [1.165, 1.54) is 5.56 Å². The van der Waals surface area contributed by atoms with E-state index < -0.39 is 0 Å². The molecule has 0 spiro atoms. The van der Waals surface area contributed by atoms with Gasteiger partial charge in [-0.05, 0) is 35.9 Å². The second kappa shape index (κ2) is 12.7. The van der Waals surface area contributed by atoms with E-state index in [4.69, 9.17) is 9.47 Å². The van der Waals surface area contributed by atoms with E-state index in [0.29, 0.717) is 0 Å². The third kappa shape index (κ3) is 6.86. The number of ether oxygens (including phenoxy) is 2. The second-order valence-corrected chi connectivity index (χ2v) is 7.76. The molecule has 0 saturated carbocycles. The maximum Gasteiger partial charge on any atom is 0.194 e. The molecular weight excluding hydrogens is 519 g/mol. The molecule has 0 aliphatic carbocycles. The predicted molar refractivity (Wildman–Crippen MR) is 141 cm³/mol. The fourth-order valence-corrected chi connectivity index (χ4v) is 3.69. The topological polar surface area (TPSA) is 65.5 Å². The monoisotopic (exact) mass is 554 g/mol. The van der Waals surface area contributed by atoms with Crippen molar-refractivity contribution < 1.29 is 9.47 Å². The maximum atomic E-state index is 5.53. The summed E-state index contributed by atoms with van der Waals surface area (Å²) < 4.78 is 10.9. The van der Waals surface area contributed by atoms with Crippen molar-refractivity contribution in [1.29, 1.82) is 0 Å². The zero-order chi connectivity index (χ0) is 22.2. The first-order valence-corrected chi connectivity index (χ1v) is 10.5. The Labute approximate surface area is 208 Å². The molecule has 3 rings (SSSR count). The van der Waals surface area contributed by atoms with Crippen LogP contribution in [-0.4, -0.2) is 82.3 Å². The molecule has 1 aromatic heterocycles. The van der Waals surface area contributed by atoms with Gasteiger partial charge in [0.1, 0.15) is 17.3 Å². The molecule has 1 fully saturated rings. The molecule has 8 nitrogen and oxygen atoms in total. The highest BCUT2D eigenvalue weighted by molar-refractivity contribution is 14.0. The van der Waals surface area contributed by atoms with Crippen molar-refractivity contribution in [2.75, 3.05) is 66.4 Å². The third-order valence-electron chi connectivity index (χ3n) is 5.48. The molecule has 1 aromatic carbocycles. The molecule has 1 aliphatic rings. The van der Waals surface area contributed by atoms with Gasteiger partial charge in [0, 0.05) is 72.2 Å². The Kier molecular flexibility index (Phi) is 10.3. The van der Waals surface area contributed by atoms with Crippen LogP contribution >= 0.6 is 24.0 Å². The number of benzene rings is 1. The number of pyridine rings is 1. The predicted octanol–water partition coefficient (Wildman–Crippen LogP) is 2.68. The van der Waals surface area contributed by atoms with Gasteiger partial charge in [-0.15, -0.1) is 24.0 Å². The quantitative estimate of drug-likeness (QED) is 0.321. The van der Waals surface area contributed by atoms with Crippen molar-refractivity contribution in [2.45, 2.75) is 13.1 Å². The summed E-state index contributed by atoms with van der Waals surface area (Å²) in [5.41, 5.74) is 2.33. The summed E-state index contributed by atoms with van der Waals surface area (Å²) in [5.74, 6) is 3.64. The van der Waals surface area contributed by atoms with Gasteiger partial charge in [0.2, 0.25) is 0 Å². The summed E-state index contributed by atoms with van der Waals surface area (Å²) in [4.78, 5) is 15.6. The van der Waals surface area contributed by atoms with Crippen LogP contribution in [0.15, 0.2) is 41.5 Å². The highest BCUT2D eigenvalue weighted by Crippen LogP contribution is 2.25. The third-order valence-corrected chi connectivity index (χ3v) is 5.48. The Morgan fingerprint density at radius 3 is 2.47 bits per heavy atom. The van der Waals surface area contributed by atoms with Gasteiger partial charge in [-0.1, -0.05) is 0 Å². The lowest BCUT2D eigenvalue weighted by Crippen LogP contribution is -2.52. The molecule has 9 heteroatoms. The molecule has 2 aromatic rings. The summed E-state index contributed by atoms with van der Waals surface area (Å²) in [6.45, 7) is 5.32. The number of nitrogens with one attached hydrogen (secondary N) is 1. The van der Waals surface area contributed by atoms with E-state index in [1.807, 2.05) is 50.4 Å². The minimum absolute atomic E-state index is 0. The van der Waals surface area contributed by atoms with Crippen molar-refractivity contribution in [1.82, 2.24) is 20.1 Å². The summed E-state index contributed by atoms with van der Waals surface area (Å²) in [5, 5.41) is 3.49. The number of aromatic nitrogens is 1. The zero-order valence-corrected chi connectivity index (χ0v) is 22.0. The number of hydrogen-bond acceptors (Lipinski definition) is 6. The maximum absolute atomic E-state index is 5.53. The normalized spacial score (nSPS) is 14.5. The molecular formula is C23H35IN6O2. The fourth-order valence-electron chi connectivity index (χ4n) is 3.69. The number of hydrogen-bond donors (Lipinski definition) is 1. The Balaban J connectivity index is 0.00000363. The van der Waals surface area contributed by atoms with Crippen LogP contribution in [0.2, 0.25) is 0 Å².